The van der Waals surface area contributed by atoms with Crippen LogP contribution in [0.15, 0.2) is 23.1 Å². The van der Waals surface area contributed by atoms with E-state index in [0.29, 0.717) is 18.9 Å². The normalized spacial score (nSPS) is 17.0. The van der Waals surface area contributed by atoms with Gasteiger partial charge < -0.3 is 15.4 Å². The van der Waals surface area contributed by atoms with Gasteiger partial charge in [-0.3, -0.25) is 4.79 Å². The van der Waals surface area contributed by atoms with Gasteiger partial charge in [0.1, 0.15) is 0 Å². The van der Waals surface area contributed by atoms with E-state index < -0.39 is 0 Å². The van der Waals surface area contributed by atoms with Crippen LogP contribution in [0.3, 0.4) is 0 Å². The van der Waals surface area contributed by atoms with Crippen LogP contribution in [0.2, 0.25) is 0 Å². The van der Waals surface area contributed by atoms with E-state index in [0.717, 1.165) is 25.9 Å². The second-order valence-corrected chi connectivity index (χ2v) is 7.53. The molecule has 0 unspecified atom stereocenters. The van der Waals surface area contributed by atoms with Crippen LogP contribution in [-0.4, -0.2) is 45.0 Å². The van der Waals surface area contributed by atoms with Crippen LogP contribution in [0.25, 0.3) is 0 Å². The molecule has 0 saturated carbocycles. The van der Waals surface area contributed by atoms with Gasteiger partial charge in [0, 0.05) is 24.0 Å². The Morgan fingerprint density at radius 3 is 2.78 bits per heavy atom. The summed E-state index contributed by atoms with van der Waals surface area (Å²) in [5.41, 5.74) is 2.54. The average Bonchev–Trinajstić information content (AvgIpc) is 2.55. The Bertz CT molecular complexity index is 522. The standard InChI is InChI=1S/C18H28N2O2S/c1-14-4-5-15(2)16(10-14)23-11-17(21)20-12-18(13-22-3)6-8-19-9-7-18/h4-5,10,19H,6-9,11-13H2,1-3H3,(H,20,21). The Labute approximate surface area is 143 Å². The van der Waals surface area contributed by atoms with Crippen molar-refractivity contribution in [3.63, 3.8) is 0 Å². The lowest BCUT2D eigenvalue weighted by Crippen LogP contribution is -2.47. The Kier molecular flexibility index (Phi) is 6.93. The Balaban J connectivity index is 1.83. The first-order valence-electron chi connectivity index (χ1n) is 8.21. The summed E-state index contributed by atoms with van der Waals surface area (Å²) >= 11 is 1.61. The molecule has 0 aliphatic carbocycles. The SMILES string of the molecule is COCC1(CNC(=O)CSc2cc(C)ccc2C)CCNCC1. The molecule has 5 heteroatoms. The summed E-state index contributed by atoms with van der Waals surface area (Å²) in [7, 11) is 1.74. The van der Waals surface area contributed by atoms with Gasteiger partial charge in [-0.2, -0.15) is 0 Å². The largest absolute Gasteiger partial charge is 0.384 e. The molecule has 2 N–H and O–H groups in total. The first kappa shape index (κ1) is 18.3. The van der Waals surface area contributed by atoms with Crippen LogP contribution < -0.4 is 10.6 Å². The van der Waals surface area contributed by atoms with Gasteiger partial charge >= 0.3 is 0 Å². The quantitative estimate of drug-likeness (QED) is 0.751. The van der Waals surface area contributed by atoms with Gasteiger partial charge in [0.25, 0.3) is 0 Å². The second-order valence-electron chi connectivity index (χ2n) is 6.52. The number of hydrogen-bond donors (Lipinski definition) is 2. The van der Waals surface area contributed by atoms with Crippen LogP contribution in [0.5, 0.6) is 0 Å². The van der Waals surface area contributed by atoms with E-state index >= 15 is 0 Å². The number of carbonyl (C=O) groups is 1. The van der Waals surface area contributed by atoms with Gasteiger partial charge in [-0.25, -0.2) is 0 Å². The number of ether oxygens (including phenoxy) is 1. The van der Waals surface area contributed by atoms with E-state index in [4.69, 9.17) is 4.74 Å². The first-order valence-corrected chi connectivity index (χ1v) is 9.20. The third kappa shape index (κ3) is 5.52. The van der Waals surface area contributed by atoms with Crippen molar-refractivity contribution in [2.24, 2.45) is 5.41 Å². The summed E-state index contributed by atoms with van der Waals surface area (Å²) in [6.45, 7) is 7.57. The van der Waals surface area contributed by atoms with Crippen molar-refractivity contribution in [2.45, 2.75) is 31.6 Å². The molecule has 1 aromatic carbocycles. The summed E-state index contributed by atoms with van der Waals surface area (Å²) < 4.78 is 5.39. The number of carbonyl (C=O) groups excluding carboxylic acids is 1. The van der Waals surface area contributed by atoms with Gasteiger partial charge in [0.15, 0.2) is 0 Å². The summed E-state index contributed by atoms with van der Waals surface area (Å²) in [5, 5.41) is 6.49. The van der Waals surface area contributed by atoms with Crippen molar-refractivity contribution >= 4 is 17.7 Å². The van der Waals surface area contributed by atoms with Gasteiger partial charge in [-0.1, -0.05) is 17.7 Å². The third-order valence-electron chi connectivity index (χ3n) is 4.48. The minimum absolute atomic E-state index is 0.0829. The highest BCUT2D eigenvalue weighted by Crippen LogP contribution is 2.28. The molecule has 128 valence electrons. The topological polar surface area (TPSA) is 50.4 Å². The number of methoxy groups -OCH3 is 1. The van der Waals surface area contributed by atoms with Crippen LogP contribution in [-0.2, 0) is 9.53 Å². The molecule has 1 amide bonds. The molecule has 1 fully saturated rings. The van der Waals surface area contributed by atoms with Crippen molar-refractivity contribution in [1.82, 2.24) is 10.6 Å². The van der Waals surface area contributed by atoms with Crippen LogP contribution >= 0.6 is 11.8 Å². The zero-order valence-electron chi connectivity index (χ0n) is 14.4. The molecule has 1 saturated heterocycles. The van der Waals surface area contributed by atoms with E-state index in [1.807, 2.05) is 0 Å². The molecule has 1 aliphatic rings. The lowest BCUT2D eigenvalue weighted by Gasteiger charge is -2.37. The summed E-state index contributed by atoms with van der Waals surface area (Å²) in [6, 6.07) is 6.36. The predicted molar refractivity (Wildman–Crippen MR) is 96.1 cm³/mol. The number of nitrogens with one attached hydrogen (secondary N) is 2. The fraction of sp³-hybridized carbons (Fsp3) is 0.611. The third-order valence-corrected chi connectivity index (χ3v) is 5.64. The first-order chi connectivity index (χ1) is 11.0. The highest BCUT2D eigenvalue weighted by molar-refractivity contribution is 8.00. The van der Waals surface area contributed by atoms with Gasteiger partial charge in [0.2, 0.25) is 5.91 Å². The molecule has 1 aliphatic heterocycles. The summed E-state index contributed by atoms with van der Waals surface area (Å²) in [5.74, 6) is 0.566. The Morgan fingerprint density at radius 1 is 1.35 bits per heavy atom. The van der Waals surface area contributed by atoms with Gasteiger partial charge in [-0.05, 0) is 51.4 Å². The molecule has 2 rings (SSSR count). The molecule has 4 nitrogen and oxygen atoms in total. The monoisotopic (exact) mass is 336 g/mol. The number of hydrogen-bond acceptors (Lipinski definition) is 4. The van der Waals surface area contributed by atoms with Gasteiger partial charge in [-0.15, -0.1) is 11.8 Å². The summed E-state index contributed by atoms with van der Waals surface area (Å²) in [4.78, 5) is 13.4. The van der Waals surface area contributed by atoms with Crippen molar-refractivity contribution in [3.05, 3.63) is 29.3 Å². The minimum atomic E-state index is 0.0829. The van der Waals surface area contributed by atoms with Crippen LogP contribution in [0, 0.1) is 19.3 Å². The lowest BCUT2D eigenvalue weighted by molar-refractivity contribution is -0.119. The van der Waals surface area contributed by atoms with Crippen molar-refractivity contribution in [1.29, 1.82) is 0 Å². The highest BCUT2D eigenvalue weighted by atomic mass is 32.2. The smallest absolute Gasteiger partial charge is 0.230 e. The summed E-state index contributed by atoms with van der Waals surface area (Å²) in [6.07, 6.45) is 2.09. The van der Waals surface area contributed by atoms with Crippen molar-refractivity contribution in [2.75, 3.05) is 39.1 Å². The fourth-order valence-corrected chi connectivity index (χ4v) is 3.93. The van der Waals surface area contributed by atoms with E-state index in [1.54, 1.807) is 18.9 Å². The zero-order chi connectivity index (χ0) is 16.7. The van der Waals surface area contributed by atoms with E-state index in [9.17, 15) is 4.79 Å². The molecular formula is C18H28N2O2S. The molecular weight excluding hydrogens is 308 g/mol. The highest BCUT2D eigenvalue weighted by Gasteiger charge is 2.32. The Hall–Kier alpha value is -1.04. The van der Waals surface area contributed by atoms with Crippen LogP contribution in [0.1, 0.15) is 24.0 Å². The lowest BCUT2D eigenvalue weighted by atomic mass is 9.79. The predicted octanol–water partition coefficient (Wildman–Crippen LogP) is 2.53. The number of rotatable bonds is 7. The number of amides is 1. The van der Waals surface area contributed by atoms with E-state index in [2.05, 4.69) is 42.7 Å². The molecule has 1 heterocycles. The van der Waals surface area contributed by atoms with E-state index in [1.165, 1.54) is 16.0 Å². The van der Waals surface area contributed by atoms with Crippen LogP contribution in [0.4, 0.5) is 0 Å². The van der Waals surface area contributed by atoms with E-state index in [-0.39, 0.29) is 11.3 Å². The molecule has 23 heavy (non-hydrogen) atoms. The number of piperidine rings is 1. The second kappa shape index (κ2) is 8.71. The number of benzene rings is 1. The molecule has 0 atom stereocenters. The molecule has 0 spiro atoms. The van der Waals surface area contributed by atoms with Crippen molar-refractivity contribution < 1.29 is 9.53 Å². The maximum Gasteiger partial charge on any atom is 0.230 e. The number of thioether (sulfide) groups is 1. The maximum absolute atomic E-state index is 12.2. The van der Waals surface area contributed by atoms with Gasteiger partial charge in [0.05, 0.1) is 12.4 Å². The average molecular weight is 337 g/mol. The van der Waals surface area contributed by atoms with Crippen molar-refractivity contribution in [3.8, 4) is 0 Å². The Morgan fingerprint density at radius 2 is 2.09 bits per heavy atom. The molecule has 0 bridgehead atoms. The molecule has 0 aromatic heterocycles. The number of aryl methyl sites for hydroxylation is 2. The molecule has 0 radical (unpaired) electrons. The molecule has 1 aromatic rings. The zero-order valence-corrected chi connectivity index (χ0v) is 15.2. The fourth-order valence-electron chi connectivity index (χ4n) is 2.98. The minimum Gasteiger partial charge on any atom is -0.384 e. The maximum atomic E-state index is 12.2.